The summed E-state index contributed by atoms with van der Waals surface area (Å²) in [5.41, 5.74) is 3.03. The Hall–Kier alpha value is -1.02. The Morgan fingerprint density at radius 2 is 1.90 bits per heavy atom. The maximum absolute atomic E-state index is 6.02. The van der Waals surface area contributed by atoms with Gasteiger partial charge in [-0.2, -0.15) is 0 Å². The number of ether oxygens (including phenoxy) is 1. The number of rotatable bonds is 8. The summed E-state index contributed by atoms with van der Waals surface area (Å²) in [4.78, 5) is 0. The SMILES string of the molecule is CCCNC(CCC)COc1ccc2c(c1)CCCC2. The van der Waals surface area contributed by atoms with Crippen LogP contribution >= 0.6 is 0 Å². The monoisotopic (exact) mass is 275 g/mol. The largest absolute Gasteiger partial charge is 0.492 e. The highest BCUT2D eigenvalue weighted by molar-refractivity contribution is 5.37. The van der Waals surface area contributed by atoms with Crippen LogP contribution in [0.3, 0.4) is 0 Å². The third-order valence-corrected chi connectivity index (χ3v) is 4.09. The van der Waals surface area contributed by atoms with E-state index in [4.69, 9.17) is 4.74 Å². The van der Waals surface area contributed by atoms with Crippen molar-refractivity contribution < 1.29 is 4.74 Å². The fourth-order valence-corrected chi connectivity index (χ4v) is 2.94. The Balaban J connectivity index is 1.88. The van der Waals surface area contributed by atoms with E-state index < -0.39 is 0 Å². The average Bonchev–Trinajstić information content (AvgIpc) is 2.50. The standard InChI is InChI=1S/C18H29NO/c1-3-7-17(19-12-4-2)14-20-18-11-10-15-8-5-6-9-16(15)13-18/h10-11,13,17,19H,3-9,12,14H2,1-2H3. The summed E-state index contributed by atoms with van der Waals surface area (Å²) in [6.45, 7) is 6.31. The molecule has 2 rings (SSSR count). The molecule has 112 valence electrons. The molecule has 0 aliphatic heterocycles. The summed E-state index contributed by atoms with van der Waals surface area (Å²) in [6.07, 6.45) is 8.70. The maximum atomic E-state index is 6.02. The Kier molecular flexibility index (Phi) is 6.38. The third-order valence-electron chi connectivity index (χ3n) is 4.09. The van der Waals surface area contributed by atoms with Gasteiger partial charge in [0.2, 0.25) is 0 Å². The maximum Gasteiger partial charge on any atom is 0.119 e. The van der Waals surface area contributed by atoms with Crippen molar-refractivity contribution in [3.05, 3.63) is 29.3 Å². The number of nitrogens with one attached hydrogen (secondary N) is 1. The van der Waals surface area contributed by atoms with Crippen LogP contribution in [-0.2, 0) is 12.8 Å². The Morgan fingerprint density at radius 1 is 1.10 bits per heavy atom. The molecule has 1 N–H and O–H groups in total. The molecule has 1 aliphatic rings. The van der Waals surface area contributed by atoms with Crippen LogP contribution in [-0.4, -0.2) is 19.2 Å². The molecule has 0 amide bonds. The molecule has 0 spiro atoms. The van der Waals surface area contributed by atoms with E-state index in [0.29, 0.717) is 6.04 Å². The molecule has 0 fully saturated rings. The molecule has 1 aliphatic carbocycles. The number of fused-ring (bicyclic) bond motifs is 1. The summed E-state index contributed by atoms with van der Waals surface area (Å²) in [5.74, 6) is 1.05. The second kappa shape index (κ2) is 8.31. The molecule has 0 radical (unpaired) electrons. The van der Waals surface area contributed by atoms with E-state index in [1.54, 1.807) is 0 Å². The molecule has 1 aromatic rings. The van der Waals surface area contributed by atoms with Gasteiger partial charge in [-0.15, -0.1) is 0 Å². The first-order valence-corrected chi connectivity index (χ1v) is 8.31. The first kappa shape index (κ1) is 15.4. The summed E-state index contributed by atoms with van der Waals surface area (Å²) in [7, 11) is 0. The predicted octanol–water partition coefficient (Wildman–Crippen LogP) is 4.11. The van der Waals surface area contributed by atoms with E-state index in [2.05, 4.69) is 37.4 Å². The van der Waals surface area contributed by atoms with E-state index in [1.807, 2.05) is 0 Å². The fourth-order valence-electron chi connectivity index (χ4n) is 2.94. The molecular weight excluding hydrogens is 246 g/mol. The first-order valence-electron chi connectivity index (χ1n) is 8.31. The van der Waals surface area contributed by atoms with Crippen LogP contribution in [0.25, 0.3) is 0 Å². The Morgan fingerprint density at radius 3 is 2.65 bits per heavy atom. The Labute approximate surface area is 123 Å². The van der Waals surface area contributed by atoms with Gasteiger partial charge in [-0.1, -0.05) is 26.3 Å². The molecule has 0 aromatic heterocycles. The molecule has 0 saturated carbocycles. The lowest BCUT2D eigenvalue weighted by atomic mass is 9.92. The van der Waals surface area contributed by atoms with Crippen molar-refractivity contribution >= 4 is 0 Å². The first-order chi connectivity index (χ1) is 9.83. The highest BCUT2D eigenvalue weighted by Gasteiger charge is 2.11. The highest BCUT2D eigenvalue weighted by atomic mass is 16.5. The molecule has 2 nitrogen and oxygen atoms in total. The van der Waals surface area contributed by atoms with Crippen molar-refractivity contribution in [2.75, 3.05) is 13.2 Å². The fraction of sp³-hybridized carbons (Fsp3) is 0.667. The van der Waals surface area contributed by atoms with Gasteiger partial charge in [0.05, 0.1) is 0 Å². The van der Waals surface area contributed by atoms with Gasteiger partial charge in [-0.3, -0.25) is 0 Å². The summed E-state index contributed by atoms with van der Waals surface area (Å²) in [5, 5.41) is 3.58. The van der Waals surface area contributed by atoms with Gasteiger partial charge < -0.3 is 10.1 Å². The molecule has 0 heterocycles. The second-order valence-electron chi connectivity index (χ2n) is 5.89. The zero-order valence-corrected chi connectivity index (χ0v) is 13.1. The predicted molar refractivity (Wildman–Crippen MR) is 85.6 cm³/mol. The normalized spacial score (nSPS) is 15.7. The molecular formula is C18H29NO. The van der Waals surface area contributed by atoms with Crippen LogP contribution in [0.5, 0.6) is 5.75 Å². The number of aryl methyl sites for hydroxylation is 2. The van der Waals surface area contributed by atoms with Gasteiger partial charge in [0.1, 0.15) is 12.4 Å². The van der Waals surface area contributed by atoms with Gasteiger partial charge in [0.15, 0.2) is 0 Å². The summed E-state index contributed by atoms with van der Waals surface area (Å²) >= 11 is 0. The molecule has 1 aromatic carbocycles. The van der Waals surface area contributed by atoms with Crippen LogP contribution in [0.15, 0.2) is 18.2 Å². The van der Waals surface area contributed by atoms with Crippen LogP contribution in [0, 0.1) is 0 Å². The minimum Gasteiger partial charge on any atom is -0.492 e. The highest BCUT2D eigenvalue weighted by Crippen LogP contribution is 2.25. The van der Waals surface area contributed by atoms with E-state index in [9.17, 15) is 0 Å². The van der Waals surface area contributed by atoms with Gasteiger partial charge in [0.25, 0.3) is 0 Å². The summed E-state index contributed by atoms with van der Waals surface area (Å²) in [6, 6.07) is 7.15. The van der Waals surface area contributed by atoms with E-state index in [0.717, 1.165) is 18.9 Å². The van der Waals surface area contributed by atoms with Crippen molar-refractivity contribution in [3.8, 4) is 5.75 Å². The Bertz CT molecular complexity index is 402. The minimum absolute atomic E-state index is 0.482. The smallest absolute Gasteiger partial charge is 0.119 e. The topological polar surface area (TPSA) is 21.3 Å². The van der Waals surface area contributed by atoms with E-state index in [-0.39, 0.29) is 0 Å². The van der Waals surface area contributed by atoms with Crippen molar-refractivity contribution in [2.24, 2.45) is 0 Å². The van der Waals surface area contributed by atoms with Gasteiger partial charge >= 0.3 is 0 Å². The number of hydrogen-bond acceptors (Lipinski definition) is 2. The number of benzene rings is 1. The molecule has 20 heavy (non-hydrogen) atoms. The van der Waals surface area contributed by atoms with Crippen molar-refractivity contribution in [2.45, 2.75) is 64.8 Å². The lowest BCUT2D eigenvalue weighted by Gasteiger charge is -2.20. The van der Waals surface area contributed by atoms with Gasteiger partial charge in [-0.25, -0.2) is 0 Å². The summed E-state index contributed by atoms with van der Waals surface area (Å²) < 4.78 is 6.02. The van der Waals surface area contributed by atoms with Crippen molar-refractivity contribution in [3.63, 3.8) is 0 Å². The number of hydrogen-bond donors (Lipinski definition) is 1. The van der Waals surface area contributed by atoms with E-state index in [1.165, 1.54) is 56.1 Å². The molecule has 0 saturated heterocycles. The van der Waals surface area contributed by atoms with Gasteiger partial charge in [0, 0.05) is 6.04 Å². The van der Waals surface area contributed by atoms with Crippen LogP contribution in [0.4, 0.5) is 0 Å². The van der Waals surface area contributed by atoms with Crippen LogP contribution in [0.1, 0.15) is 57.1 Å². The van der Waals surface area contributed by atoms with Crippen molar-refractivity contribution in [1.29, 1.82) is 0 Å². The van der Waals surface area contributed by atoms with Gasteiger partial charge in [-0.05, 0) is 68.3 Å². The zero-order chi connectivity index (χ0) is 14.2. The third kappa shape index (κ3) is 4.52. The lowest BCUT2D eigenvalue weighted by molar-refractivity contribution is 0.255. The quantitative estimate of drug-likeness (QED) is 0.771. The molecule has 1 atom stereocenters. The average molecular weight is 275 g/mol. The zero-order valence-electron chi connectivity index (χ0n) is 13.1. The lowest BCUT2D eigenvalue weighted by Crippen LogP contribution is -2.35. The van der Waals surface area contributed by atoms with Crippen LogP contribution in [0.2, 0.25) is 0 Å². The van der Waals surface area contributed by atoms with E-state index >= 15 is 0 Å². The molecule has 1 unspecified atom stereocenters. The molecule has 0 bridgehead atoms. The minimum atomic E-state index is 0.482. The van der Waals surface area contributed by atoms with Crippen LogP contribution < -0.4 is 10.1 Å². The van der Waals surface area contributed by atoms with Crippen molar-refractivity contribution in [1.82, 2.24) is 5.32 Å². The second-order valence-corrected chi connectivity index (χ2v) is 5.89. The molecule has 2 heteroatoms.